The quantitative estimate of drug-likeness (QED) is 0.346. The average Bonchev–Trinajstić information content (AvgIpc) is 3.19. The molecule has 7 nitrogen and oxygen atoms in total. The number of rotatable bonds is 9. The Balaban J connectivity index is 2.22. The topological polar surface area (TPSA) is 89.5 Å². The molecular formula is C22H26BrN3O4. The van der Waals surface area contributed by atoms with Crippen molar-refractivity contribution in [3.8, 4) is 17.0 Å². The summed E-state index contributed by atoms with van der Waals surface area (Å²) in [6.07, 6.45) is 4.52. The van der Waals surface area contributed by atoms with Gasteiger partial charge in [-0.15, -0.1) is 0 Å². The minimum Gasteiger partial charge on any atom is -0.507 e. The van der Waals surface area contributed by atoms with Crippen molar-refractivity contribution in [2.75, 3.05) is 34.0 Å². The van der Waals surface area contributed by atoms with Gasteiger partial charge in [0.25, 0.3) is 0 Å². The normalized spacial score (nSPS) is 12.0. The molecule has 0 saturated carbocycles. The number of fused-ring (bicyclic) bond motifs is 1. The third kappa shape index (κ3) is 4.66. The van der Waals surface area contributed by atoms with Crippen LogP contribution in [0.4, 0.5) is 0 Å². The van der Waals surface area contributed by atoms with Gasteiger partial charge in [0.2, 0.25) is 0 Å². The molecule has 0 spiro atoms. The summed E-state index contributed by atoms with van der Waals surface area (Å²) >= 11 is 3.42. The van der Waals surface area contributed by atoms with E-state index in [-0.39, 0.29) is 5.75 Å². The zero-order valence-corrected chi connectivity index (χ0v) is 19.2. The van der Waals surface area contributed by atoms with Crippen molar-refractivity contribution in [3.05, 3.63) is 45.3 Å². The summed E-state index contributed by atoms with van der Waals surface area (Å²) in [5.41, 5.74) is 5.45. The number of benzene rings is 1. The first-order valence-electron chi connectivity index (χ1n) is 9.66. The van der Waals surface area contributed by atoms with Gasteiger partial charge in [-0.25, -0.2) is 4.98 Å². The minimum absolute atomic E-state index is 0.200. The van der Waals surface area contributed by atoms with Crippen LogP contribution in [0.5, 0.6) is 5.75 Å². The number of nitrogens with one attached hydrogen (secondary N) is 1. The van der Waals surface area contributed by atoms with E-state index in [1.165, 1.54) is 0 Å². The molecule has 3 aromatic rings. The number of aryl methyl sites for hydroxylation is 1. The summed E-state index contributed by atoms with van der Waals surface area (Å²) in [4.78, 5) is 4.86. The largest absolute Gasteiger partial charge is 0.507 e. The first-order valence-corrected chi connectivity index (χ1v) is 10.5. The number of hydrogen-bond acceptors (Lipinski definition) is 6. The van der Waals surface area contributed by atoms with Crippen molar-refractivity contribution in [2.24, 2.45) is 0 Å². The van der Waals surface area contributed by atoms with Crippen LogP contribution < -0.4 is 0 Å². The lowest BCUT2D eigenvalue weighted by Crippen LogP contribution is -2.06. The van der Waals surface area contributed by atoms with Gasteiger partial charge < -0.3 is 19.3 Å². The van der Waals surface area contributed by atoms with E-state index in [1.54, 1.807) is 26.5 Å². The molecular weight excluding hydrogens is 450 g/mol. The van der Waals surface area contributed by atoms with E-state index in [1.807, 2.05) is 19.1 Å². The Morgan fingerprint density at radius 2 is 2.03 bits per heavy atom. The molecule has 2 N–H and O–H groups in total. The number of aromatic amines is 1. The van der Waals surface area contributed by atoms with Crippen LogP contribution in [0, 0.1) is 6.92 Å². The van der Waals surface area contributed by atoms with Crippen LogP contribution in [-0.2, 0) is 20.6 Å². The number of phenolic OH excluding ortho intramolecular Hbond substituents is 1. The summed E-state index contributed by atoms with van der Waals surface area (Å²) in [5, 5.41) is 18.1. The highest BCUT2D eigenvalue weighted by atomic mass is 79.9. The highest BCUT2D eigenvalue weighted by Gasteiger charge is 2.18. The summed E-state index contributed by atoms with van der Waals surface area (Å²) in [6, 6.07) is 3.63. The summed E-state index contributed by atoms with van der Waals surface area (Å²) in [7, 11) is 3.28. The Kier molecular flexibility index (Phi) is 7.47. The summed E-state index contributed by atoms with van der Waals surface area (Å²) < 4.78 is 16.9. The second-order valence-electron chi connectivity index (χ2n) is 6.84. The Morgan fingerprint density at radius 1 is 1.23 bits per heavy atom. The van der Waals surface area contributed by atoms with Gasteiger partial charge in [0.05, 0.1) is 23.0 Å². The van der Waals surface area contributed by atoms with E-state index < -0.39 is 0 Å². The molecule has 0 unspecified atom stereocenters. The zero-order valence-electron chi connectivity index (χ0n) is 17.6. The molecule has 0 atom stereocenters. The number of nitrogens with zero attached hydrogens (tertiary/aromatic N) is 2. The predicted molar refractivity (Wildman–Crippen MR) is 120 cm³/mol. The molecule has 0 aliphatic rings. The maximum atomic E-state index is 10.0. The van der Waals surface area contributed by atoms with Gasteiger partial charge in [0, 0.05) is 25.2 Å². The van der Waals surface area contributed by atoms with Crippen molar-refractivity contribution in [1.82, 2.24) is 15.2 Å². The molecule has 30 heavy (non-hydrogen) atoms. The fourth-order valence-electron chi connectivity index (χ4n) is 3.38. The number of aromatic nitrogens is 3. The lowest BCUT2D eigenvalue weighted by Gasteiger charge is -2.16. The predicted octanol–water partition coefficient (Wildman–Crippen LogP) is 4.61. The molecule has 0 bridgehead atoms. The molecule has 0 aliphatic carbocycles. The molecule has 160 valence electrons. The number of pyridine rings is 1. The molecule has 0 saturated heterocycles. The first-order chi connectivity index (χ1) is 14.5. The van der Waals surface area contributed by atoms with Crippen LogP contribution >= 0.6 is 15.9 Å². The van der Waals surface area contributed by atoms with Crippen molar-refractivity contribution >= 4 is 33.0 Å². The van der Waals surface area contributed by atoms with Crippen LogP contribution in [0.25, 0.3) is 28.4 Å². The Bertz CT molecular complexity index is 1060. The van der Waals surface area contributed by atoms with Crippen molar-refractivity contribution in [3.63, 3.8) is 0 Å². The molecule has 2 aromatic heterocycles. The summed E-state index contributed by atoms with van der Waals surface area (Å²) in [5.74, 6) is 0.901. The van der Waals surface area contributed by atoms with E-state index in [2.05, 4.69) is 33.1 Å². The van der Waals surface area contributed by atoms with E-state index in [4.69, 9.17) is 19.2 Å². The van der Waals surface area contributed by atoms with Gasteiger partial charge in [-0.3, -0.25) is 5.10 Å². The Hall–Kier alpha value is -2.42. The van der Waals surface area contributed by atoms with Crippen molar-refractivity contribution in [2.45, 2.75) is 20.3 Å². The van der Waals surface area contributed by atoms with Crippen LogP contribution in [0.15, 0.2) is 28.6 Å². The molecule has 8 heteroatoms. The lowest BCUT2D eigenvalue weighted by molar-refractivity contribution is 0.0855. The number of hydrogen-bond donors (Lipinski definition) is 2. The number of aromatic hydroxyl groups is 1. The SMILES string of the molecule is CCc1c(-c2cc(Br)c(O)cc2C)nc2[nH]ncc2c1/C=C(\COC)OCCOC. The molecule has 0 radical (unpaired) electrons. The lowest BCUT2D eigenvalue weighted by atomic mass is 9.94. The number of halogens is 1. The van der Waals surface area contributed by atoms with Gasteiger partial charge in [-0.2, -0.15) is 5.10 Å². The summed E-state index contributed by atoms with van der Waals surface area (Å²) in [6.45, 7) is 5.32. The first kappa shape index (κ1) is 22.3. The number of ether oxygens (including phenoxy) is 3. The molecule has 3 rings (SSSR count). The highest BCUT2D eigenvalue weighted by molar-refractivity contribution is 9.10. The maximum absolute atomic E-state index is 10.0. The van der Waals surface area contributed by atoms with E-state index in [9.17, 15) is 5.11 Å². The smallest absolute Gasteiger partial charge is 0.156 e. The third-order valence-corrected chi connectivity index (χ3v) is 5.45. The van der Waals surface area contributed by atoms with E-state index in [0.29, 0.717) is 35.7 Å². The fraction of sp³-hybridized carbons (Fsp3) is 0.364. The molecule has 2 heterocycles. The number of methoxy groups -OCH3 is 2. The van der Waals surface area contributed by atoms with Crippen molar-refractivity contribution in [1.29, 1.82) is 0 Å². The van der Waals surface area contributed by atoms with E-state index in [0.717, 1.165) is 39.8 Å². The van der Waals surface area contributed by atoms with Crippen LogP contribution in [0.3, 0.4) is 0 Å². The van der Waals surface area contributed by atoms with Crippen LogP contribution in [-0.4, -0.2) is 54.3 Å². The van der Waals surface area contributed by atoms with Crippen LogP contribution in [0.1, 0.15) is 23.6 Å². The van der Waals surface area contributed by atoms with Gasteiger partial charge in [0.1, 0.15) is 24.7 Å². The highest BCUT2D eigenvalue weighted by Crippen LogP contribution is 2.37. The molecule has 1 aromatic carbocycles. The number of phenols is 1. The van der Waals surface area contributed by atoms with Gasteiger partial charge in [-0.05, 0) is 64.2 Å². The third-order valence-electron chi connectivity index (χ3n) is 4.81. The fourth-order valence-corrected chi connectivity index (χ4v) is 3.73. The van der Waals surface area contributed by atoms with Crippen LogP contribution in [0.2, 0.25) is 0 Å². The number of H-pyrrole nitrogens is 1. The minimum atomic E-state index is 0.200. The Morgan fingerprint density at radius 3 is 2.73 bits per heavy atom. The van der Waals surface area contributed by atoms with Crippen molar-refractivity contribution < 1.29 is 19.3 Å². The molecule has 0 fully saturated rings. The maximum Gasteiger partial charge on any atom is 0.156 e. The molecule has 0 aliphatic heterocycles. The van der Waals surface area contributed by atoms with Gasteiger partial charge >= 0.3 is 0 Å². The standard InChI is InChI=1S/C22H26BrN3O4/c1-5-15-17(9-14(12-29-4)30-7-6-28-3)18-11-24-26-22(18)25-21(15)16-10-19(23)20(27)8-13(16)2/h8-11,27H,5-7,12H2,1-4H3,(H,24,25,26)/b14-9+. The second-order valence-corrected chi connectivity index (χ2v) is 7.70. The second kappa shape index (κ2) is 10.1. The average molecular weight is 476 g/mol. The Labute approximate surface area is 184 Å². The monoisotopic (exact) mass is 475 g/mol. The van der Waals surface area contributed by atoms with Gasteiger partial charge in [-0.1, -0.05) is 6.92 Å². The zero-order chi connectivity index (χ0) is 21.7. The van der Waals surface area contributed by atoms with E-state index >= 15 is 0 Å². The molecule has 0 amide bonds. The van der Waals surface area contributed by atoms with Gasteiger partial charge in [0.15, 0.2) is 5.65 Å².